The van der Waals surface area contributed by atoms with Gasteiger partial charge in [0.25, 0.3) is 5.91 Å². The Balaban J connectivity index is 2.62. The number of carboxylic acid groups (broad SMARTS) is 2. The summed E-state index contributed by atoms with van der Waals surface area (Å²) in [6, 6.07) is -2.29. The summed E-state index contributed by atoms with van der Waals surface area (Å²) in [4.78, 5) is 57.4. The van der Waals surface area contributed by atoms with Crippen LogP contribution in [0, 0.1) is 0 Å². The van der Waals surface area contributed by atoms with E-state index in [1.165, 1.54) is 7.05 Å². The van der Waals surface area contributed by atoms with Crippen molar-refractivity contribution in [3.63, 3.8) is 0 Å². The second-order valence-corrected chi connectivity index (χ2v) is 4.17. The quantitative estimate of drug-likeness (QED) is 0.475. The highest BCUT2D eigenvalue weighted by atomic mass is 16.4. The highest BCUT2D eigenvalue weighted by Crippen LogP contribution is 2.07. The third-order valence-electron chi connectivity index (χ3n) is 2.54. The van der Waals surface area contributed by atoms with Gasteiger partial charge in [-0.3, -0.25) is 19.3 Å². The SMILES string of the molecule is CN1CC(=O)N(CC(=O)N[C@H](CC(=O)O)C(=O)O)C1=O. The lowest BCUT2D eigenvalue weighted by Gasteiger charge is -2.16. The number of nitrogens with one attached hydrogen (secondary N) is 1. The number of hydrogen-bond donors (Lipinski definition) is 3. The molecule has 1 aliphatic rings. The Morgan fingerprint density at radius 3 is 2.30 bits per heavy atom. The van der Waals surface area contributed by atoms with Gasteiger partial charge >= 0.3 is 18.0 Å². The zero-order valence-corrected chi connectivity index (χ0v) is 10.5. The number of hydrogen-bond acceptors (Lipinski definition) is 5. The van der Waals surface area contributed by atoms with Gasteiger partial charge in [-0.15, -0.1) is 0 Å². The minimum Gasteiger partial charge on any atom is -0.481 e. The fraction of sp³-hybridized carbons (Fsp3) is 0.500. The molecule has 0 aromatic rings. The van der Waals surface area contributed by atoms with Crippen molar-refractivity contribution < 1.29 is 34.2 Å². The maximum Gasteiger partial charge on any atom is 0.327 e. The molecule has 0 aromatic heterocycles. The van der Waals surface area contributed by atoms with Crippen LogP contribution in [-0.2, 0) is 19.2 Å². The van der Waals surface area contributed by atoms with Gasteiger partial charge in [-0.1, -0.05) is 0 Å². The molecule has 10 nitrogen and oxygen atoms in total. The second-order valence-electron chi connectivity index (χ2n) is 4.17. The van der Waals surface area contributed by atoms with E-state index in [0.29, 0.717) is 4.90 Å². The summed E-state index contributed by atoms with van der Waals surface area (Å²) >= 11 is 0. The van der Waals surface area contributed by atoms with Crippen molar-refractivity contribution in [2.45, 2.75) is 12.5 Å². The molecule has 110 valence electrons. The van der Waals surface area contributed by atoms with Crippen LogP contribution in [0.4, 0.5) is 4.79 Å². The summed E-state index contributed by atoms with van der Waals surface area (Å²) in [6.45, 7) is -0.811. The van der Waals surface area contributed by atoms with E-state index in [2.05, 4.69) is 0 Å². The van der Waals surface area contributed by atoms with Crippen LogP contribution in [0.3, 0.4) is 0 Å². The molecule has 0 radical (unpaired) electrons. The van der Waals surface area contributed by atoms with Crippen LogP contribution in [-0.4, -0.2) is 76.0 Å². The minimum atomic E-state index is -1.62. The lowest BCUT2D eigenvalue weighted by molar-refractivity contribution is -0.147. The van der Waals surface area contributed by atoms with Gasteiger partial charge in [0, 0.05) is 7.05 Å². The summed E-state index contributed by atoms with van der Waals surface area (Å²) in [5, 5.41) is 19.2. The maximum atomic E-state index is 11.6. The summed E-state index contributed by atoms with van der Waals surface area (Å²) in [6.07, 6.45) is -0.803. The number of urea groups is 1. The Hall–Kier alpha value is -2.65. The largest absolute Gasteiger partial charge is 0.481 e. The zero-order chi connectivity index (χ0) is 15.4. The summed E-state index contributed by atoms with van der Waals surface area (Å²) < 4.78 is 0. The molecule has 0 unspecified atom stereocenters. The molecule has 1 rings (SSSR count). The maximum absolute atomic E-state index is 11.6. The Morgan fingerprint density at radius 1 is 1.30 bits per heavy atom. The van der Waals surface area contributed by atoms with Crippen LogP contribution >= 0.6 is 0 Å². The van der Waals surface area contributed by atoms with Crippen LogP contribution in [0.2, 0.25) is 0 Å². The fourth-order valence-corrected chi connectivity index (χ4v) is 1.58. The van der Waals surface area contributed by atoms with Gasteiger partial charge in [-0.05, 0) is 0 Å². The van der Waals surface area contributed by atoms with E-state index in [-0.39, 0.29) is 6.54 Å². The van der Waals surface area contributed by atoms with E-state index in [1.54, 1.807) is 0 Å². The monoisotopic (exact) mass is 287 g/mol. The topological polar surface area (TPSA) is 144 Å². The van der Waals surface area contributed by atoms with Crippen molar-refractivity contribution in [3.8, 4) is 0 Å². The van der Waals surface area contributed by atoms with Crippen LogP contribution in [0.5, 0.6) is 0 Å². The van der Waals surface area contributed by atoms with Gasteiger partial charge in [0.05, 0.1) is 6.42 Å². The highest BCUT2D eigenvalue weighted by Gasteiger charge is 2.35. The number of nitrogens with zero attached hydrogens (tertiary/aromatic N) is 2. The molecule has 0 aliphatic carbocycles. The molecule has 3 N–H and O–H groups in total. The summed E-state index contributed by atoms with van der Waals surface area (Å²) in [5.74, 6) is -4.42. The van der Waals surface area contributed by atoms with Gasteiger partial charge < -0.3 is 20.4 Å². The van der Waals surface area contributed by atoms with Crippen molar-refractivity contribution in [1.82, 2.24) is 15.1 Å². The first-order valence-corrected chi connectivity index (χ1v) is 5.51. The molecular formula is C10H13N3O7. The average Bonchev–Trinajstić information content (AvgIpc) is 2.54. The van der Waals surface area contributed by atoms with Crippen molar-refractivity contribution >= 4 is 29.8 Å². The number of rotatable bonds is 6. The molecule has 0 bridgehead atoms. The molecule has 1 atom stereocenters. The number of likely N-dealkylation sites (N-methyl/N-ethyl adjacent to an activating group) is 1. The van der Waals surface area contributed by atoms with Crippen LogP contribution < -0.4 is 5.32 Å². The second kappa shape index (κ2) is 5.99. The van der Waals surface area contributed by atoms with Crippen LogP contribution in [0.25, 0.3) is 0 Å². The lowest BCUT2D eigenvalue weighted by Crippen LogP contribution is -2.47. The smallest absolute Gasteiger partial charge is 0.327 e. The third-order valence-corrected chi connectivity index (χ3v) is 2.54. The number of imide groups is 1. The van der Waals surface area contributed by atoms with Gasteiger partial charge in [0.2, 0.25) is 5.91 Å². The Bertz CT molecular complexity index is 475. The van der Waals surface area contributed by atoms with E-state index >= 15 is 0 Å². The van der Waals surface area contributed by atoms with E-state index in [9.17, 15) is 24.0 Å². The molecule has 1 aliphatic heterocycles. The molecule has 20 heavy (non-hydrogen) atoms. The molecule has 1 fully saturated rings. The van der Waals surface area contributed by atoms with Crippen molar-refractivity contribution in [2.75, 3.05) is 20.1 Å². The summed E-state index contributed by atoms with van der Waals surface area (Å²) in [7, 11) is 1.38. The minimum absolute atomic E-state index is 0.163. The van der Waals surface area contributed by atoms with Gasteiger partial charge in [0.15, 0.2) is 0 Å². The average molecular weight is 287 g/mol. The number of carbonyl (C=O) groups is 5. The molecule has 1 heterocycles. The Kier molecular flexibility index (Phi) is 4.62. The van der Waals surface area contributed by atoms with Crippen molar-refractivity contribution in [2.24, 2.45) is 0 Å². The van der Waals surface area contributed by atoms with E-state index in [0.717, 1.165) is 4.90 Å². The molecule has 0 aromatic carbocycles. The summed E-state index contributed by atoms with van der Waals surface area (Å²) in [5.41, 5.74) is 0. The normalized spacial score (nSPS) is 16.2. The van der Waals surface area contributed by atoms with Gasteiger partial charge in [0.1, 0.15) is 19.1 Å². The van der Waals surface area contributed by atoms with Crippen molar-refractivity contribution in [3.05, 3.63) is 0 Å². The van der Waals surface area contributed by atoms with E-state index < -0.39 is 48.8 Å². The Labute approximate surface area is 112 Å². The predicted octanol–water partition coefficient (Wildman–Crippen LogP) is -2.08. The van der Waals surface area contributed by atoms with E-state index in [1.807, 2.05) is 5.32 Å². The third kappa shape index (κ3) is 3.67. The zero-order valence-electron chi connectivity index (χ0n) is 10.5. The number of aliphatic carboxylic acids is 2. The van der Waals surface area contributed by atoms with Crippen LogP contribution in [0.1, 0.15) is 6.42 Å². The predicted molar refractivity (Wildman–Crippen MR) is 61.6 cm³/mol. The van der Waals surface area contributed by atoms with Crippen LogP contribution in [0.15, 0.2) is 0 Å². The number of amides is 4. The first kappa shape index (κ1) is 15.4. The van der Waals surface area contributed by atoms with E-state index in [4.69, 9.17) is 10.2 Å². The standard InChI is InChI=1S/C10H13N3O7/c1-12-4-7(15)13(10(12)20)3-6(14)11-5(9(18)19)2-8(16)17/h5H,2-4H2,1H3,(H,11,14)(H,16,17)(H,18,19)/t5-/m1/s1. The highest BCUT2D eigenvalue weighted by molar-refractivity contribution is 6.04. The molecule has 0 saturated carbocycles. The molecule has 0 spiro atoms. The molecule has 1 saturated heterocycles. The first-order valence-electron chi connectivity index (χ1n) is 5.51. The first-order chi connectivity index (χ1) is 9.22. The molecular weight excluding hydrogens is 274 g/mol. The number of carboxylic acids is 2. The van der Waals surface area contributed by atoms with Gasteiger partial charge in [-0.2, -0.15) is 0 Å². The lowest BCUT2D eigenvalue weighted by atomic mass is 10.2. The molecule has 4 amide bonds. The fourth-order valence-electron chi connectivity index (χ4n) is 1.58. The van der Waals surface area contributed by atoms with Gasteiger partial charge in [-0.25, -0.2) is 9.59 Å². The molecule has 10 heteroatoms. The Morgan fingerprint density at radius 2 is 1.90 bits per heavy atom. The number of carbonyl (C=O) groups excluding carboxylic acids is 3. The van der Waals surface area contributed by atoms with Crippen molar-refractivity contribution in [1.29, 1.82) is 0 Å².